The van der Waals surface area contributed by atoms with E-state index in [0.717, 1.165) is 0 Å². The molecule has 2 heterocycles. The van der Waals surface area contributed by atoms with Crippen molar-refractivity contribution in [3.05, 3.63) is 42.4 Å². The van der Waals surface area contributed by atoms with Crippen molar-refractivity contribution in [3.8, 4) is 0 Å². The average molecular weight is 216 g/mol. The summed E-state index contributed by atoms with van der Waals surface area (Å²) < 4.78 is 0. The summed E-state index contributed by atoms with van der Waals surface area (Å²) in [5.41, 5.74) is 1.65. The van der Waals surface area contributed by atoms with Crippen molar-refractivity contribution in [2.24, 2.45) is 0 Å². The Balaban J connectivity index is 2.20. The monoisotopic (exact) mass is 216 g/mol. The smallest absolute Gasteiger partial charge is 0.0371 e. The number of nitrogens with zero attached hydrogens (tertiary/aromatic N) is 1. The van der Waals surface area contributed by atoms with Crippen molar-refractivity contribution in [1.29, 1.82) is 0 Å². The summed E-state index contributed by atoms with van der Waals surface area (Å²) in [6.07, 6.45) is 11.7. The summed E-state index contributed by atoms with van der Waals surface area (Å²) in [4.78, 5) is 4.08. The van der Waals surface area contributed by atoms with Crippen LogP contribution in [-0.4, -0.2) is 10.5 Å². The highest BCUT2D eigenvalue weighted by Gasteiger charge is 2.30. The Bertz CT molecular complexity index is 352. The number of allylic oxidation sites excluding steroid dienone is 1. The Morgan fingerprint density at radius 1 is 1.31 bits per heavy atom. The zero-order chi connectivity index (χ0) is 11.4. The molecule has 0 bridgehead atoms. The third-order valence-electron chi connectivity index (χ3n) is 3.82. The topological polar surface area (TPSA) is 24.9 Å². The highest BCUT2D eigenvalue weighted by atomic mass is 15.0. The first kappa shape index (κ1) is 11.2. The van der Waals surface area contributed by atoms with Gasteiger partial charge in [0, 0.05) is 23.9 Å². The first-order valence-corrected chi connectivity index (χ1v) is 6.14. The van der Waals surface area contributed by atoms with Crippen molar-refractivity contribution in [2.45, 2.75) is 44.6 Å². The van der Waals surface area contributed by atoms with Gasteiger partial charge in [0.1, 0.15) is 0 Å². The molecule has 1 aliphatic heterocycles. The second-order valence-corrected chi connectivity index (χ2v) is 4.58. The molecule has 2 nitrogen and oxygen atoms in total. The Hall–Kier alpha value is -1.31. The maximum absolute atomic E-state index is 4.08. The third-order valence-corrected chi connectivity index (χ3v) is 3.82. The second-order valence-electron chi connectivity index (χ2n) is 4.58. The van der Waals surface area contributed by atoms with Gasteiger partial charge in [-0.25, -0.2) is 0 Å². The molecule has 0 amide bonds. The zero-order valence-corrected chi connectivity index (χ0v) is 10.1. The summed E-state index contributed by atoms with van der Waals surface area (Å²) in [5, 5.41) is 3.54. The Morgan fingerprint density at radius 2 is 2.00 bits per heavy atom. The van der Waals surface area contributed by atoms with Gasteiger partial charge >= 0.3 is 0 Å². The molecular formula is C14H20N2. The van der Waals surface area contributed by atoms with E-state index in [1.165, 1.54) is 24.8 Å². The van der Waals surface area contributed by atoms with Crippen LogP contribution in [-0.2, 0) is 0 Å². The number of nitrogens with one attached hydrogen (secondary N) is 1. The zero-order valence-electron chi connectivity index (χ0n) is 10.1. The minimum Gasteiger partial charge on any atom is -0.386 e. The molecule has 1 atom stereocenters. The van der Waals surface area contributed by atoms with Crippen molar-refractivity contribution in [2.75, 3.05) is 0 Å². The molecule has 0 saturated carbocycles. The van der Waals surface area contributed by atoms with Crippen LogP contribution in [0, 0.1) is 0 Å². The van der Waals surface area contributed by atoms with E-state index in [0.29, 0.717) is 5.92 Å². The Morgan fingerprint density at radius 3 is 2.62 bits per heavy atom. The lowest BCUT2D eigenvalue weighted by Crippen LogP contribution is -2.44. The standard InChI is InChI=1S/C14H20N2/c1-3-14(4-2)11-13(7-10-16-14)12-5-8-15-9-6-12/h5-10,13,16H,3-4,11H2,1-2H3/t13-/m1/s1. The van der Waals surface area contributed by atoms with Gasteiger partial charge in [0.15, 0.2) is 0 Å². The quantitative estimate of drug-likeness (QED) is 0.839. The molecule has 16 heavy (non-hydrogen) atoms. The average Bonchev–Trinajstić information content (AvgIpc) is 2.40. The van der Waals surface area contributed by atoms with E-state index in [2.05, 4.69) is 48.6 Å². The number of hydrogen-bond donors (Lipinski definition) is 1. The fourth-order valence-corrected chi connectivity index (χ4v) is 2.47. The molecule has 2 heteroatoms. The molecule has 0 aliphatic carbocycles. The van der Waals surface area contributed by atoms with E-state index in [9.17, 15) is 0 Å². The molecule has 2 rings (SSSR count). The van der Waals surface area contributed by atoms with Crippen LogP contribution in [0.2, 0.25) is 0 Å². The lowest BCUT2D eigenvalue weighted by Gasteiger charge is -2.38. The van der Waals surface area contributed by atoms with Crippen LogP contribution in [0.25, 0.3) is 0 Å². The van der Waals surface area contributed by atoms with Gasteiger partial charge < -0.3 is 5.32 Å². The summed E-state index contributed by atoms with van der Waals surface area (Å²) in [7, 11) is 0. The molecule has 0 fully saturated rings. The number of rotatable bonds is 3. The molecule has 1 aromatic rings. The van der Waals surface area contributed by atoms with E-state index in [1.54, 1.807) is 0 Å². The van der Waals surface area contributed by atoms with Crippen molar-refractivity contribution in [3.63, 3.8) is 0 Å². The van der Waals surface area contributed by atoms with Crippen LogP contribution < -0.4 is 5.32 Å². The van der Waals surface area contributed by atoms with Crippen molar-refractivity contribution >= 4 is 0 Å². The van der Waals surface area contributed by atoms with Crippen molar-refractivity contribution in [1.82, 2.24) is 10.3 Å². The van der Waals surface area contributed by atoms with E-state index in [1.807, 2.05) is 12.4 Å². The van der Waals surface area contributed by atoms with Gasteiger partial charge in [-0.2, -0.15) is 0 Å². The first-order chi connectivity index (χ1) is 7.79. The highest BCUT2D eigenvalue weighted by molar-refractivity contribution is 5.24. The Labute approximate surface area is 97.8 Å². The molecule has 0 spiro atoms. The van der Waals surface area contributed by atoms with Crippen LogP contribution in [0.3, 0.4) is 0 Å². The summed E-state index contributed by atoms with van der Waals surface area (Å²) in [6.45, 7) is 4.53. The predicted octanol–water partition coefficient (Wildman–Crippen LogP) is 3.23. The number of pyridine rings is 1. The van der Waals surface area contributed by atoms with E-state index in [4.69, 9.17) is 0 Å². The number of aromatic nitrogens is 1. The number of hydrogen-bond acceptors (Lipinski definition) is 2. The first-order valence-electron chi connectivity index (χ1n) is 6.14. The van der Waals surface area contributed by atoms with Gasteiger partial charge in [-0.3, -0.25) is 4.98 Å². The molecule has 0 radical (unpaired) electrons. The SMILES string of the molecule is CCC1(CC)C[C@H](c2ccncc2)C=CN1. The fourth-order valence-electron chi connectivity index (χ4n) is 2.47. The van der Waals surface area contributed by atoms with Gasteiger partial charge in [-0.15, -0.1) is 0 Å². The lowest BCUT2D eigenvalue weighted by molar-refractivity contribution is 0.290. The van der Waals surface area contributed by atoms with Gasteiger partial charge in [0.25, 0.3) is 0 Å². The van der Waals surface area contributed by atoms with Crippen LogP contribution in [0.15, 0.2) is 36.8 Å². The molecule has 1 aromatic heterocycles. The molecular weight excluding hydrogens is 196 g/mol. The summed E-state index contributed by atoms with van der Waals surface area (Å²) in [5.74, 6) is 0.532. The van der Waals surface area contributed by atoms with E-state index >= 15 is 0 Å². The maximum Gasteiger partial charge on any atom is 0.0371 e. The predicted molar refractivity (Wildman–Crippen MR) is 67.2 cm³/mol. The summed E-state index contributed by atoms with van der Waals surface area (Å²) in [6, 6.07) is 4.24. The molecule has 1 N–H and O–H groups in total. The molecule has 1 aliphatic rings. The molecule has 0 aromatic carbocycles. The largest absolute Gasteiger partial charge is 0.386 e. The third kappa shape index (κ3) is 2.11. The van der Waals surface area contributed by atoms with Crippen molar-refractivity contribution < 1.29 is 0 Å². The maximum atomic E-state index is 4.08. The van der Waals surface area contributed by atoms with Gasteiger partial charge in [0.05, 0.1) is 0 Å². The van der Waals surface area contributed by atoms with Crippen LogP contribution in [0.1, 0.15) is 44.6 Å². The second kappa shape index (κ2) is 4.69. The van der Waals surface area contributed by atoms with E-state index < -0.39 is 0 Å². The molecule has 86 valence electrons. The highest BCUT2D eigenvalue weighted by Crippen LogP contribution is 2.34. The summed E-state index contributed by atoms with van der Waals surface area (Å²) >= 11 is 0. The molecule has 0 saturated heterocycles. The normalized spacial score (nSPS) is 22.8. The van der Waals surface area contributed by atoms with Gasteiger partial charge in [0.2, 0.25) is 0 Å². The van der Waals surface area contributed by atoms with Gasteiger partial charge in [-0.05, 0) is 43.2 Å². The van der Waals surface area contributed by atoms with Gasteiger partial charge in [-0.1, -0.05) is 19.9 Å². The fraction of sp³-hybridized carbons (Fsp3) is 0.500. The minimum atomic E-state index is 0.280. The van der Waals surface area contributed by atoms with Crippen LogP contribution in [0.5, 0.6) is 0 Å². The lowest BCUT2D eigenvalue weighted by atomic mass is 9.78. The minimum absolute atomic E-state index is 0.280. The van der Waals surface area contributed by atoms with E-state index in [-0.39, 0.29) is 5.54 Å². The van der Waals surface area contributed by atoms with Crippen LogP contribution >= 0.6 is 0 Å². The molecule has 0 unspecified atom stereocenters. The Kier molecular flexibility index (Phi) is 3.28. The van der Waals surface area contributed by atoms with Crippen LogP contribution in [0.4, 0.5) is 0 Å².